The minimum atomic E-state index is -4.29. The van der Waals surface area contributed by atoms with Gasteiger partial charge in [-0.2, -0.15) is 13.2 Å². The number of rotatable bonds is 2. The fourth-order valence-corrected chi connectivity index (χ4v) is 1.86. The zero-order valence-corrected chi connectivity index (χ0v) is 9.81. The number of halogens is 3. The molecule has 2 rings (SSSR count). The van der Waals surface area contributed by atoms with Crippen LogP contribution in [0.3, 0.4) is 0 Å². The van der Waals surface area contributed by atoms with E-state index < -0.39 is 17.7 Å². The van der Waals surface area contributed by atoms with Crippen LogP contribution in [0, 0.1) is 0 Å². The minimum Gasteiger partial charge on any atom is -0.478 e. The standard InChI is InChI=1S/C12H11F3N2O2/c13-12(14,15)9-2-5-17(6-3-9)10-7-8(11(18)19)1-4-16-10/h1-2,4,7H,3,5-6H2,(H,18,19). The second kappa shape index (κ2) is 4.91. The molecule has 0 saturated heterocycles. The van der Waals surface area contributed by atoms with Gasteiger partial charge in [0, 0.05) is 24.9 Å². The van der Waals surface area contributed by atoms with Gasteiger partial charge in [0.1, 0.15) is 5.82 Å². The maximum Gasteiger partial charge on any atom is 0.412 e. The lowest BCUT2D eigenvalue weighted by molar-refractivity contribution is -0.0944. The maximum absolute atomic E-state index is 12.5. The molecule has 102 valence electrons. The van der Waals surface area contributed by atoms with Crippen LogP contribution >= 0.6 is 0 Å². The van der Waals surface area contributed by atoms with Crippen molar-refractivity contribution < 1.29 is 23.1 Å². The van der Waals surface area contributed by atoms with E-state index in [1.54, 1.807) is 4.90 Å². The van der Waals surface area contributed by atoms with Gasteiger partial charge < -0.3 is 10.0 Å². The quantitative estimate of drug-likeness (QED) is 0.840. The first kappa shape index (κ1) is 13.4. The Balaban J connectivity index is 2.16. The molecule has 1 aromatic rings. The summed E-state index contributed by atoms with van der Waals surface area (Å²) in [6.07, 6.45) is -1.97. The van der Waals surface area contributed by atoms with Crippen LogP contribution < -0.4 is 4.90 Å². The van der Waals surface area contributed by atoms with Crippen LogP contribution in [0.4, 0.5) is 19.0 Å². The first-order chi connectivity index (χ1) is 8.88. The fraction of sp³-hybridized carbons (Fsp3) is 0.333. The molecule has 2 heterocycles. The Bertz CT molecular complexity index is 526. The number of carboxylic acids is 1. The lowest BCUT2D eigenvalue weighted by Gasteiger charge is -2.28. The van der Waals surface area contributed by atoms with Crippen LogP contribution in [0.25, 0.3) is 0 Å². The molecule has 19 heavy (non-hydrogen) atoms. The van der Waals surface area contributed by atoms with Gasteiger partial charge in [-0.05, 0) is 18.6 Å². The minimum absolute atomic E-state index is 0.0654. The number of alkyl halides is 3. The number of aromatic carboxylic acids is 1. The van der Waals surface area contributed by atoms with E-state index in [1.807, 2.05) is 0 Å². The van der Waals surface area contributed by atoms with Gasteiger partial charge in [-0.15, -0.1) is 0 Å². The van der Waals surface area contributed by atoms with Crippen molar-refractivity contribution in [3.63, 3.8) is 0 Å². The predicted molar refractivity (Wildman–Crippen MR) is 62.2 cm³/mol. The molecule has 0 spiro atoms. The molecule has 0 aliphatic carbocycles. The highest BCUT2D eigenvalue weighted by Gasteiger charge is 2.34. The molecule has 0 radical (unpaired) electrons. The van der Waals surface area contributed by atoms with Crippen molar-refractivity contribution in [3.8, 4) is 0 Å². The number of pyridine rings is 1. The third kappa shape index (κ3) is 3.04. The van der Waals surface area contributed by atoms with Crippen LogP contribution in [0.1, 0.15) is 16.8 Å². The summed E-state index contributed by atoms with van der Waals surface area (Å²) in [5.41, 5.74) is -0.478. The summed E-state index contributed by atoms with van der Waals surface area (Å²) in [4.78, 5) is 16.4. The molecule has 0 unspecified atom stereocenters. The second-order valence-electron chi connectivity index (χ2n) is 4.13. The van der Waals surface area contributed by atoms with E-state index in [9.17, 15) is 18.0 Å². The Labute approximate surface area is 107 Å². The summed E-state index contributed by atoms with van der Waals surface area (Å²) >= 11 is 0. The number of aromatic nitrogens is 1. The van der Waals surface area contributed by atoms with Crippen LogP contribution in [-0.2, 0) is 0 Å². The lowest BCUT2D eigenvalue weighted by Crippen LogP contribution is -2.32. The Morgan fingerprint density at radius 3 is 2.68 bits per heavy atom. The van der Waals surface area contributed by atoms with Gasteiger partial charge in [0.25, 0.3) is 0 Å². The Morgan fingerprint density at radius 1 is 1.42 bits per heavy atom. The van der Waals surface area contributed by atoms with Gasteiger partial charge in [-0.3, -0.25) is 0 Å². The highest BCUT2D eigenvalue weighted by molar-refractivity contribution is 5.88. The predicted octanol–water partition coefficient (Wildman–Crippen LogP) is 2.48. The largest absolute Gasteiger partial charge is 0.478 e. The summed E-state index contributed by atoms with van der Waals surface area (Å²) < 4.78 is 37.4. The Morgan fingerprint density at radius 2 is 2.16 bits per heavy atom. The number of hydrogen-bond donors (Lipinski definition) is 1. The second-order valence-corrected chi connectivity index (χ2v) is 4.13. The molecule has 1 N–H and O–H groups in total. The average Bonchev–Trinajstić information content (AvgIpc) is 2.38. The average molecular weight is 272 g/mol. The van der Waals surface area contributed by atoms with E-state index in [4.69, 9.17) is 5.11 Å². The summed E-state index contributed by atoms with van der Waals surface area (Å²) in [5.74, 6) is -0.718. The van der Waals surface area contributed by atoms with Crippen LogP contribution in [0.15, 0.2) is 30.0 Å². The number of anilines is 1. The maximum atomic E-state index is 12.5. The number of hydrogen-bond acceptors (Lipinski definition) is 3. The monoisotopic (exact) mass is 272 g/mol. The number of carboxylic acid groups (broad SMARTS) is 1. The van der Waals surface area contributed by atoms with Crippen molar-refractivity contribution in [2.75, 3.05) is 18.0 Å². The topological polar surface area (TPSA) is 53.4 Å². The van der Waals surface area contributed by atoms with Crippen molar-refractivity contribution in [2.45, 2.75) is 12.6 Å². The normalized spacial score (nSPS) is 16.2. The highest BCUT2D eigenvalue weighted by Crippen LogP contribution is 2.31. The van der Waals surface area contributed by atoms with E-state index in [1.165, 1.54) is 18.3 Å². The number of carbonyl (C=O) groups is 1. The van der Waals surface area contributed by atoms with Gasteiger partial charge in [0.05, 0.1) is 5.56 Å². The molecule has 0 bridgehead atoms. The first-order valence-corrected chi connectivity index (χ1v) is 5.58. The van der Waals surface area contributed by atoms with Crippen LogP contribution in [-0.4, -0.2) is 35.3 Å². The molecule has 7 heteroatoms. The molecule has 0 saturated carbocycles. The molecule has 1 aromatic heterocycles. The van der Waals surface area contributed by atoms with Crippen LogP contribution in [0.5, 0.6) is 0 Å². The first-order valence-electron chi connectivity index (χ1n) is 5.58. The van der Waals surface area contributed by atoms with Crippen molar-refractivity contribution >= 4 is 11.8 Å². The van der Waals surface area contributed by atoms with Crippen molar-refractivity contribution in [2.24, 2.45) is 0 Å². The molecular formula is C12H11F3N2O2. The molecule has 1 aliphatic heterocycles. The molecule has 0 atom stereocenters. The smallest absolute Gasteiger partial charge is 0.412 e. The number of nitrogens with zero attached hydrogens (tertiary/aromatic N) is 2. The lowest BCUT2D eigenvalue weighted by atomic mass is 10.1. The third-order valence-electron chi connectivity index (χ3n) is 2.89. The third-order valence-corrected chi connectivity index (χ3v) is 2.89. The molecule has 1 aliphatic rings. The molecule has 4 nitrogen and oxygen atoms in total. The highest BCUT2D eigenvalue weighted by atomic mass is 19.4. The Hall–Kier alpha value is -2.05. The van der Waals surface area contributed by atoms with Crippen molar-refractivity contribution in [1.29, 1.82) is 0 Å². The summed E-state index contributed by atoms with van der Waals surface area (Å²) in [7, 11) is 0. The van der Waals surface area contributed by atoms with Crippen LogP contribution in [0.2, 0.25) is 0 Å². The van der Waals surface area contributed by atoms with Crippen molar-refractivity contribution in [3.05, 3.63) is 35.5 Å². The van der Waals surface area contributed by atoms with Gasteiger partial charge in [-0.1, -0.05) is 6.08 Å². The summed E-state index contributed by atoms with van der Waals surface area (Å²) in [5, 5.41) is 8.85. The molecule has 0 fully saturated rings. The fourth-order valence-electron chi connectivity index (χ4n) is 1.86. The molecule has 0 aromatic carbocycles. The van der Waals surface area contributed by atoms with Gasteiger partial charge in [0.15, 0.2) is 0 Å². The summed E-state index contributed by atoms with van der Waals surface area (Å²) in [6.45, 7) is 0.242. The van der Waals surface area contributed by atoms with Crippen molar-refractivity contribution in [1.82, 2.24) is 4.98 Å². The van der Waals surface area contributed by atoms with Gasteiger partial charge in [-0.25, -0.2) is 9.78 Å². The molecular weight excluding hydrogens is 261 g/mol. The van der Waals surface area contributed by atoms with E-state index in [0.29, 0.717) is 5.82 Å². The zero-order valence-electron chi connectivity index (χ0n) is 9.81. The van der Waals surface area contributed by atoms with Gasteiger partial charge >= 0.3 is 12.1 Å². The van der Waals surface area contributed by atoms with Gasteiger partial charge in [0.2, 0.25) is 0 Å². The van der Waals surface area contributed by atoms with E-state index >= 15 is 0 Å². The Kier molecular flexibility index (Phi) is 3.46. The summed E-state index contributed by atoms with van der Waals surface area (Å²) in [6, 6.07) is 2.70. The molecule has 0 amide bonds. The van der Waals surface area contributed by atoms with E-state index in [0.717, 1.165) is 6.08 Å². The van der Waals surface area contributed by atoms with E-state index in [2.05, 4.69) is 4.98 Å². The zero-order chi connectivity index (χ0) is 14.0. The SMILES string of the molecule is O=C(O)c1ccnc(N2CC=C(C(F)(F)F)CC2)c1. The van der Waals surface area contributed by atoms with E-state index in [-0.39, 0.29) is 25.1 Å².